The number of carbonyl (C=O) groups excluding carboxylic acids is 2. The zero-order chi connectivity index (χ0) is 23.4. The summed E-state index contributed by atoms with van der Waals surface area (Å²) >= 11 is 0. The Balaban J connectivity index is 1.71. The molecule has 2 aromatic carbocycles. The smallest absolute Gasteiger partial charge is 0.252 e. The summed E-state index contributed by atoms with van der Waals surface area (Å²) in [5.74, 6) is -0.700. The maximum absolute atomic E-state index is 13.7. The van der Waals surface area contributed by atoms with Crippen LogP contribution in [0.4, 0.5) is 4.39 Å². The van der Waals surface area contributed by atoms with E-state index < -0.39 is 0 Å². The fourth-order valence-electron chi connectivity index (χ4n) is 3.52. The highest BCUT2D eigenvalue weighted by Crippen LogP contribution is 2.25. The number of benzene rings is 2. The van der Waals surface area contributed by atoms with Crippen LogP contribution in [0, 0.1) is 5.82 Å². The number of carbonyl (C=O) groups is 2. The largest absolute Gasteiger partial charge is 0.351 e. The Morgan fingerprint density at radius 1 is 1.06 bits per heavy atom. The molecule has 0 fully saturated rings. The number of pyridine rings is 1. The van der Waals surface area contributed by atoms with Gasteiger partial charge in [0, 0.05) is 32.6 Å². The molecule has 168 valence electrons. The van der Waals surface area contributed by atoms with E-state index in [-0.39, 0.29) is 30.6 Å². The second-order valence-corrected chi connectivity index (χ2v) is 7.88. The maximum atomic E-state index is 13.7. The molecule has 2 aromatic heterocycles. The lowest BCUT2D eigenvalue weighted by Crippen LogP contribution is -2.30. The molecular formula is C25H24FN5O2. The van der Waals surface area contributed by atoms with Crippen LogP contribution in [0.2, 0.25) is 0 Å². The van der Waals surface area contributed by atoms with Gasteiger partial charge in [0.05, 0.1) is 29.4 Å². The van der Waals surface area contributed by atoms with Gasteiger partial charge in [0.25, 0.3) is 5.91 Å². The molecule has 1 N–H and O–H groups in total. The Hall–Kier alpha value is -4.07. The molecule has 0 unspecified atom stereocenters. The van der Waals surface area contributed by atoms with Crippen LogP contribution in [-0.2, 0) is 11.3 Å². The van der Waals surface area contributed by atoms with Crippen molar-refractivity contribution in [3.05, 3.63) is 83.8 Å². The highest BCUT2D eigenvalue weighted by Gasteiger charge is 2.18. The van der Waals surface area contributed by atoms with E-state index in [0.717, 1.165) is 11.1 Å². The van der Waals surface area contributed by atoms with E-state index in [2.05, 4.69) is 10.4 Å². The third kappa shape index (κ3) is 5.06. The molecule has 8 heteroatoms. The van der Waals surface area contributed by atoms with Crippen LogP contribution in [0.5, 0.6) is 0 Å². The zero-order valence-corrected chi connectivity index (χ0v) is 18.5. The summed E-state index contributed by atoms with van der Waals surface area (Å²) in [6, 6.07) is 17.6. The zero-order valence-electron chi connectivity index (χ0n) is 18.5. The first kappa shape index (κ1) is 22.1. The normalized spacial score (nSPS) is 10.9. The summed E-state index contributed by atoms with van der Waals surface area (Å²) in [5, 5.41) is 7.83. The fourth-order valence-corrected chi connectivity index (χ4v) is 3.52. The highest BCUT2D eigenvalue weighted by molar-refractivity contribution is 6.06. The predicted molar refractivity (Wildman–Crippen MR) is 124 cm³/mol. The molecule has 0 atom stereocenters. The van der Waals surface area contributed by atoms with Gasteiger partial charge in [0.2, 0.25) is 5.91 Å². The molecule has 2 amide bonds. The molecular weight excluding hydrogens is 421 g/mol. The Morgan fingerprint density at radius 2 is 1.85 bits per heavy atom. The molecule has 0 saturated carbocycles. The van der Waals surface area contributed by atoms with Crippen LogP contribution in [0.1, 0.15) is 22.3 Å². The molecule has 0 aliphatic carbocycles. The minimum Gasteiger partial charge on any atom is -0.351 e. The van der Waals surface area contributed by atoms with Crippen LogP contribution >= 0.6 is 0 Å². The molecule has 0 aliphatic heterocycles. The molecule has 0 spiro atoms. The van der Waals surface area contributed by atoms with E-state index >= 15 is 0 Å². The van der Waals surface area contributed by atoms with Crippen LogP contribution in [0.3, 0.4) is 0 Å². The van der Waals surface area contributed by atoms with Crippen molar-refractivity contribution in [2.24, 2.45) is 0 Å². The minimum absolute atomic E-state index is 0.0666. The second kappa shape index (κ2) is 9.60. The van der Waals surface area contributed by atoms with E-state index in [1.807, 2.05) is 36.4 Å². The lowest BCUT2D eigenvalue weighted by molar-refractivity contribution is -0.128. The first-order valence-corrected chi connectivity index (χ1v) is 10.6. The van der Waals surface area contributed by atoms with Crippen molar-refractivity contribution in [3.63, 3.8) is 0 Å². The van der Waals surface area contributed by atoms with Crippen molar-refractivity contribution < 1.29 is 14.0 Å². The number of halogens is 1. The van der Waals surface area contributed by atoms with E-state index in [1.165, 1.54) is 17.0 Å². The SMILES string of the molecule is CN(C)C(=O)CCNC(=O)c1cc(-c2ccccc2)nc2c1cnn2Cc1cccc(F)c1. The Bertz CT molecular complexity index is 1300. The van der Waals surface area contributed by atoms with Gasteiger partial charge < -0.3 is 10.2 Å². The molecule has 4 rings (SSSR count). The summed E-state index contributed by atoms with van der Waals surface area (Å²) in [5.41, 5.74) is 3.16. The van der Waals surface area contributed by atoms with Gasteiger partial charge in [-0.05, 0) is 23.8 Å². The molecule has 0 bridgehead atoms. The van der Waals surface area contributed by atoms with Crippen LogP contribution in [-0.4, -0.2) is 52.1 Å². The lowest BCUT2D eigenvalue weighted by Gasteiger charge is -2.12. The van der Waals surface area contributed by atoms with Gasteiger partial charge in [0.15, 0.2) is 5.65 Å². The number of amides is 2. The predicted octanol–water partition coefficient (Wildman–Crippen LogP) is 3.49. The number of hydrogen-bond acceptors (Lipinski definition) is 4. The van der Waals surface area contributed by atoms with E-state index in [9.17, 15) is 14.0 Å². The van der Waals surface area contributed by atoms with Crippen molar-refractivity contribution in [1.82, 2.24) is 25.0 Å². The van der Waals surface area contributed by atoms with Gasteiger partial charge in [0.1, 0.15) is 5.82 Å². The molecule has 33 heavy (non-hydrogen) atoms. The standard InChI is InChI=1S/C25H24FN5O2/c1-30(2)23(32)11-12-27-25(33)20-14-22(18-8-4-3-5-9-18)29-24-21(20)15-28-31(24)16-17-7-6-10-19(26)13-17/h3-10,13-15H,11-12,16H2,1-2H3,(H,27,33). The lowest BCUT2D eigenvalue weighted by atomic mass is 10.1. The van der Waals surface area contributed by atoms with Crippen LogP contribution < -0.4 is 5.32 Å². The number of rotatable bonds is 7. The number of fused-ring (bicyclic) bond motifs is 1. The van der Waals surface area contributed by atoms with Gasteiger partial charge in [-0.1, -0.05) is 42.5 Å². The maximum Gasteiger partial charge on any atom is 0.252 e. The second-order valence-electron chi connectivity index (χ2n) is 7.88. The van der Waals surface area contributed by atoms with E-state index in [0.29, 0.717) is 28.8 Å². The molecule has 7 nitrogen and oxygen atoms in total. The quantitative estimate of drug-likeness (QED) is 0.472. The third-order valence-corrected chi connectivity index (χ3v) is 5.27. The van der Waals surface area contributed by atoms with Gasteiger partial charge in [-0.15, -0.1) is 0 Å². The topological polar surface area (TPSA) is 80.1 Å². The summed E-state index contributed by atoms with van der Waals surface area (Å²) in [6.45, 7) is 0.530. The minimum atomic E-state index is -0.325. The fraction of sp³-hybridized carbons (Fsp3) is 0.200. The molecule has 0 aliphatic rings. The monoisotopic (exact) mass is 445 g/mol. The van der Waals surface area contributed by atoms with Gasteiger partial charge in [-0.3, -0.25) is 9.59 Å². The summed E-state index contributed by atoms with van der Waals surface area (Å²) < 4.78 is 15.3. The van der Waals surface area contributed by atoms with Crippen LogP contribution in [0.25, 0.3) is 22.3 Å². The number of hydrogen-bond donors (Lipinski definition) is 1. The molecule has 2 heterocycles. The Kier molecular flexibility index (Phi) is 6.44. The van der Waals surface area contributed by atoms with Crippen molar-refractivity contribution in [3.8, 4) is 11.3 Å². The average Bonchev–Trinajstić information content (AvgIpc) is 3.21. The van der Waals surface area contributed by atoms with Crippen molar-refractivity contribution in [2.45, 2.75) is 13.0 Å². The number of nitrogens with one attached hydrogen (secondary N) is 1. The highest BCUT2D eigenvalue weighted by atomic mass is 19.1. The average molecular weight is 445 g/mol. The molecule has 0 radical (unpaired) electrons. The van der Waals surface area contributed by atoms with E-state index in [4.69, 9.17) is 4.98 Å². The number of aromatic nitrogens is 3. The summed E-state index contributed by atoms with van der Waals surface area (Å²) in [4.78, 5) is 31.1. The molecule has 4 aromatic rings. The van der Waals surface area contributed by atoms with Crippen LogP contribution in [0.15, 0.2) is 66.9 Å². The Labute approximate surface area is 190 Å². The first-order valence-electron chi connectivity index (χ1n) is 10.6. The third-order valence-electron chi connectivity index (χ3n) is 5.27. The van der Waals surface area contributed by atoms with Gasteiger partial charge in [-0.2, -0.15) is 5.10 Å². The van der Waals surface area contributed by atoms with Crippen molar-refractivity contribution >= 4 is 22.8 Å². The van der Waals surface area contributed by atoms with Gasteiger partial charge >= 0.3 is 0 Å². The summed E-state index contributed by atoms with van der Waals surface area (Å²) in [6.07, 6.45) is 1.80. The van der Waals surface area contributed by atoms with Gasteiger partial charge in [-0.25, -0.2) is 14.1 Å². The molecule has 0 saturated heterocycles. The van der Waals surface area contributed by atoms with Crippen molar-refractivity contribution in [1.29, 1.82) is 0 Å². The van der Waals surface area contributed by atoms with E-state index in [1.54, 1.807) is 37.1 Å². The van der Waals surface area contributed by atoms with Crippen molar-refractivity contribution in [2.75, 3.05) is 20.6 Å². The number of nitrogens with zero attached hydrogens (tertiary/aromatic N) is 4. The first-order chi connectivity index (χ1) is 15.9. The Morgan fingerprint density at radius 3 is 2.58 bits per heavy atom. The summed E-state index contributed by atoms with van der Waals surface area (Å²) in [7, 11) is 3.35.